The Kier molecular flexibility index (Phi) is 5.38. The minimum Gasteiger partial charge on any atom is -0.455 e. The molecule has 0 unspecified atom stereocenters. The maximum absolute atomic E-state index is 6.40. The summed E-state index contributed by atoms with van der Waals surface area (Å²) in [5.74, 6) is 1.87. The van der Waals surface area contributed by atoms with Gasteiger partial charge in [-0.25, -0.2) is 19.9 Å². The van der Waals surface area contributed by atoms with Gasteiger partial charge < -0.3 is 4.42 Å². The minimum atomic E-state index is 0.605. The van der Waals surface area contributed by atoms with Crippen molar-refractivity contribution < 1.29 is 4.42 Å². The second-order valence-electron chi connectivity index (χ2n) is 9.90. The summed E-state index contributed by atoms with van der Waals surface area (Å²) in [6.07, 6.45) is 0. The van der Waals surface area contributed by atoms with Crippen LogP contribution in [0.5, 0.6) is 0 Å². The molecule has 0 fully saturated rings. The fourth-order valence-corrected chi connectivity index (χ4v) is 5.36. The molecule has 0 aliphatic carbocycles. The third-order valence-corrected chi connectivity index (χ3v) is 7.31. The number of hydrogen-bond acceptors (Lipinski definition) is 5. The highest BCUT2D eigenvalue weighted by Crippen LogP contribution is 2.40. The molecule has 5 aromatic carbocycles. The number of furan rings is 1. The molecule has 0 radical (unpaired) electrons. The zero-order chi connectivity index (χ0) is 27.2. The molecule has 0 N–H and O–H groups in total. The standard InChI is InChI=1S/C36H22N4O/c1-3-12-23(13-4-1)34-38-35(24-14-5-2-6-15-24)40-36(39-34)26-17-11-16-25(22-26)32-31-28-19-8-10-21-30(28)41-33(31)27-18-7-9-20-29(27)37-32/h1-22H. The lowest BCUT2D eigenvalue weighted by Gasteiger charge is -2.10. The molecule has 3 aromatic heterocycles. The second-order valence-corrected chi connectivity index (χ2v) is 9.90. The van der Waals surface area contributed by atoms with Crippen LogP contribution in [0.2, 0.25) is 0 Å². The number of fused-ring (bicyclic) bond motifs is 5. The fourth-order valence-electron chi connectivity index (χ4n) is 5.36. The third-order valence-electron chi connectivity index (χ3n) is 7.31. The van der Waals surface area contributed by atoms with Crippen LogP contribution in [0.3, 0.4) is 0 Å². The van der Waals surface area contributed by atoms with E-state index in [0.29, 0.717) is 17.5 Å². The van der Waals surface area contributed by atoms with Gasteiger partial charge in [0.05, 0.1) is 16.6 Å². The molecule has 41 heavy (non-hydrogen) atoms. The number of nitrogens with zero attached hydrogens (tertiary/aromatic N) is 4. The van der Waals surface area contributed by atoms with E-state index in [1.165, 1.54) is 0 Å². The van der Waals surface area contributed by atoms with E-state index in [2.05, 4.69) is 24.3 Å². The average Bonchev–Trinajstić information content (AvgIpc) is 3.45. The van der Waals surface area contributed by atoms with Gasteiger partial charge in [0.2, 0.25) is 0 Å². The average molecular weight is 527 g/mol. The number of benzene rings is 5. The van der Waals surface area contributed by atoms with E-state index >= 15 is 0 Å². The van der Waals surface area contributed by atoms with Crippen LogP contribution >= 0.6 is 0 Å². The summed E-state index contributed by atoms with van der Waals surface area (Å²) in [5.41, 5.74) is 7.16. The van der Waals surface area contributed by atoms with E-state index in [1.54, 1.807) is 0 Å². The summed E-state index contributed by atoms with van der Waals surface area (Å²) < 4.78 is 6.40. The molecule has 0 aliphatic heterocycles. The van der Waals surface area contributed by atoms with Gasteiger partial charge in [-0.1, -0.05) is 109 Å². The van der Waals surface area contributed by atoms with Gasteiger partial charge in [0.25, 0.3) is 0 Å². The number of hydrogen-bond donors (Lipinski definition) is 0. The van der Waals surface area contributed by atoms with Crippen molar-refractivity contribution in [2.24, 2.45) is 0 Å². The van der Waals surface area contributed by atoms with Gasteiger partial charge in [0, 0.05) is 33.0 Å². The van der Waals surface area contributed by atoms with Crippen molar-refractivity contribution in [2.75, 3.05) is 0 Å². The van der Waals surface area contributed by atoms with E-state index in [9.17, 15) is 0 Å². The van der Waals surface area contributed by atoms with Gasteiger partial charge in [0.15, 0.2) is 17.5 Å². The van der Waals surface area contributed by atoms with Crippen molar-refractivity contribution in [3.05, 3.63) is 133 Å². The summed E-state index contributed by atoms with van der Waals surface area (Å²) in [4.78, 5) is 19.8. The van der Waals surface area contributed by atoms with E-state index < -0.39 is 0 Å². The molecule has 0 saturated heterocycles. The molecular formula is C36H22N4O. The van der Waals surface area contributed by atoms with Crippen molar-refractivity contribution in [3.63, 3.8) is 0 Å². The highest BCUT2D eigenvalue weighted by molar-refractivity contribution is 6.19. The number of para-hydroxylation sites is 2. The summed E-state index contributed by atoms with van der Waals surface area (Å²) in [6.45, 7) is 0. The van der Waals surface area contributed by atoms with Crippen molar-refractivity contribution in [1.29, 1.82) is 0 Å². The molecular weight excluding hydrogens is 504 g/mol. The van der Waals surface area contributed by atoms with Crippen LogP contribution in [0.25, 0.3) is 78.3 Å². The molecule has 0 aliphatic rings. The first kappa shape index (κ1) is 23.2. The third kappa shape index (κ3) is 4.03. The summed E-state index contributed by atoms with van der Waals surface area (Å²) in [6, 6.07) is 44.5. The molecule has 0 atom stereocenters. The molecule has 192 valence electrons. The van der Waals surface area contributed by atoms with Crippen LogP contribution < -0.4 is 0 Å². The van der Waals surface area contributed by atoms with E-state index in [1.807, 2.05) is 109 Å². The predicted octanol–water partition coefficient (Wildman–Crippen LogP) is 8.99. The lowest BCUT2D eigenvalue weighted by Crippen LogP contribution is -2.00. The molecule has 0 spiro atoms. The zero-order valence-electron chi connectivity index (χ0n) is 21.9. The SMILES string of the molecule is c1ccc(-c2nc(-c3ccccc3)nc(-c3cccc(-c4nc5ccccc5c5oc6ccccc6c45)c3)n2)cc1. The van der Waals surface area contributed by atoms with Gasteiger partial charge in [-0.05, 0) is 24.3 Å². The van der Waals surface area contributed by atoms with Crippen LogP contribution in [-0.2, 0) is 0 Å². The van der Waals surface area contributed by atoms with E-state index in [-0.39, 0.29) is 0 Å². The quantitative estimate of drug-likeness (QED) is 0.229. The Morgan fingerprint density at radius 1 is 0.415 bits per heavy atom. The maximum Gasteiger partial charge on any atom is 0.164 e. The van der Waals surface area contributed by atoms with E-state index in [0.717, 1.165) is 60.8 Å². The summed E-state index contributed by atoms with van der Waals surface area (Å²) in [5, 5.41) is 3.04. The predicted molar refractivity (Wildman–Crippen MR) is 164 cm³/mol. The molecule has 5 nitrogen and oxygen atoms in total. The summed E-state index contributed by atoms with van der Waals surface area (Å²) >= 11 is 0. The van der Waals surface area contributed by atoms with Crippen molar-refractivity contribution >= 4 is 32.8 Å². The Hall–Kier alpha value is -5.68. The largest absolute Gasteiger partial charge is 0.455 e. The lowest BCUT2D eigenvalue weighted by molar-refractivity contribution is 0.672. The number of rotatable bonds is 4. The van der Waals surface area contributed by atoms with Crippen molar-refractivity contribution in [1.82, 2.24) is 19.9 Å². The Labute approximate surface area is 235 Å². The number of aromatic nitrogens is 4. The van der Waals surface area contributed by atoms with Gasteiger partial charge >= 0.3 is 0 Å². The second kappa shape index (κ2) is 9.50. The van der Waals surface area contributed by atoms with Gasteiger partial charge in [-0.3, -0.25) is 0 Å². The Morgan fingerprint density at radius 3 is 1.66 bits per heavy atom. The highest BCUT2D eigenvalue weighted by atomic mass is 16.3. The monoisotopic (exact) mass is 526 g/mol. The van der Waals surface area contributed by atoms with Crippen LogP contribution in [0, 0.1) is 0 Å². The van der Waals surface area contributed by atoms with Gasteiger partial charge in [0.1, 0.15) is 11.2 Å². The van der Waals surface area contributed by atoms with Crippen molar-refractivity contribution in [3.8, 4) is 45.4 Å². The lowest BCUT2D eigenvalue weighted by atomic mass is 10.0. The number of pyridine rings is 1. The first-order chi connectivity index (χ1) is 20.3. The molecule has 8 rings (SSSR count). The summed E-state index contributed by atoms with van der Waals surface area (Å²) in [7, 11) is 0. The Balaban J connectivity index is 1.36. The maximum atomic E-state index is 6.40. The van der Waals surface area contributed by atoms with Crippen LogP contribution in [0.15, 0.2) is 138 Å². The topological polar surface area (TPSA) is 64.7 Å². The van der Waals surface area contributed by atoms with Crippen LogP contribution in [0.4, 0.5) is 0 Å². The minimum absolute atomic E-state index is 0.605. The first-order valence-electron chi connectivity index (χ1n) is 13.5. The zero-order valence-corrected chi connectivity index (χ0v) is 21.9. The molecule has 0 saturated carbocycles. The van der Waals surface area contributed by atoms with Gasteiger partial charge in [-0.15, -0.1) is 0 Å². The molecule has 0 amide bonds. The highest BCUT2D eigenvalue weighted by Gasteiger charge is 2.19. The fraction of sp³-hybridized carbons (Fsp3) is 0. The smallest absolute Gasteiger partial charge is 0.164 e. The molecule has 5 heteroatoms. The Morgan fingerprint density at radius 2 is 0.951 bits per heavy atom. The van der Waals surface area contributed by atoms with Crippen LogP contribution in [0.1, 0.15) is 0 Å². The first-order valence-corrected chi connectivity index (χ1v) is 13.5. The Bertz CT molecular complexity index is 2150. The van der Waals surface area contributed by atoms with Crippen molar-refractivity contribution in [2.45, 2.75) is 0 Å². The van der Waals surface area contributed by atoms with E-state index in [4.69, 9.17) is 24.4 Å². The van der Waals surface area contributed by atoms with Gasteiger partial charge in [-0.2, -0.15) is 0 Å². The normalized spacial score (nSPS) is 11.4. The molecule has 8 aromatic rings. The van der Waals surface area contributed by atoms with Crippen LogP contribution in [-0.4, -0.2) is 19.9 Å². The molecule has 3 heterocycles. The molecule has 0 bridgehead atoms.